The maximum Gasteiger partial charge on any atom is 0.0615 e. The summed E-state index contributed by atoms with van der Waals surface area (Å²) in [4.78, 5) is 0. The summed E-state index contributed by atoms with van der Waals surface area (Å²) in [5.74, 6) is 0. The van der Waals surface area contributed by atoms with Crippen LogP contribution < -0.4 is 0 Å². The molecule has 100 valence electrons. The van der Waals surface area contributed by atoms with Crippen molar-refractivity contribution < 1.29 is 5.11 Å². The zero-order valence-electron chi connectivity index (χ0n) is 11.4. The zero-order chi connectivity index (χ0) is 14.0. The van der Waals surface area contributed by atoms with Crippen LogP contribution in [0.4, 0.5) is 0 Å². The highest BCUT2D eigenvalue weighted by molar-refractivity contribution is 5.21. The van der Waals surface area contributed by atoms with Crippen molar-refractivity contribution in [3.63, 3.8) is 0 Å². The van der Waals surface area contributed by atoms with Crippen molar-refractivity contribution in [2.24, 2.45) is 0 Å². The average Bonchev–Trinajstić information content (AvgIpc) is 2.43. The molecule has 0 atom stereocenters. The van der Waals surface area contributed by atoms with E-state index >= 15 is 0 Å². The molecule has 0 radical (unpaired) electrons. The Morgan fingerprint density at radius 3 is 1.16 bits per heavy atom. The third kappa shape index (κ3) is 15.9. The molecule has 0 saturated carbocycles. The summed E-state index contributed by atoms with van der Waals surface area (Å²) >= 11 is 0. The molecule has 1 heteroatoms. The van der Waals surface area contributed by atoms with Gasteiger partial charge in [0.15, 0.2) is 0 Å². The van der Waals surface area contributed by atoms with Crippen LogP contribution in [0.5, 0.6) is 0 Å². The van der Waals surface area contributed by atoms with Gasteiger partial charge in [0.25, 0.3) is 0 Å². The Bertz CT molecular complexity index is 413. The molecule has 0 aliphatic rings. The second-order valence-electron chi connectivity index (χ2n) is 3.45. The highest BCUT2D eigenvalue weighted by Crippen LogP contribution is 1.85. The molecule has 0 aromatic carbocycles. The van der Waals surface area contributed by atoms with E-state index in [4.69, 9.17) is 5.11 Å². The van der Waals surface area contributed by atoms with Gasteiger partial charge < -0.3 is 5.11 Å². The monoisotopic (exact) mass is 254 g/mol. The van der Waals surface area contributed by atoms with Gasteiger partial charge in [0, 0.05) is 0 Å². The lowest BCUT2D eigenvalue weighted by atomic mass is 10.3. The number of allylic oxidation sites excluding steroid dienone is 15. The van der Waals surface area contributed by atoms with Crippen LogP contribution in [0.15, 0.2) is 97.2 Å². The van der Waals surface area contributed by atoms with Crippen LogP contribution in [0.3, 0.4) is 0 Å². The van der Waals surface area contributed by atoms with Gasteiger partial charge in [-0.2, -0.15) is 0 Å². The van der Waals surface area contributed by atoms with Crippen molar-refractivity contribution in [1.29, 1.82) is 0 Å². The molecule has 0 spiro atoms. The van der Waals surface area contributed by atoms with Crippen molar-refractivity contribution in [1.82, 2.24) is 0 Å². The quantitative estimate of drug-likeness (QED) is 0.634. The van der Waals surface area contributed by atoms with E-state index in [9.17, 15) is 0 Å². The third-order valence-corrected chi connectivity index (χ3v) is 1.88. The fourth-order valence-corrected chi connectivity index (χ4v) is 1.02. The van der Waals surface area contributed by atoms with Crippen LogP contribution >= 0.6 is 0 Å². The topological polar surface area (TPSA) is 20.2 Å². The Hall–Kier alpha value is -2.12. The van der Waals surface area contributed by atoms with E-state index < -0.39 is 0 Å². The lowest BCUT2D eigenvalue weighted by Gasteiger charge is -1.76. The number of hydrogen-bond acceptors (Lipinski definition) is 1. The van der Waals surface area contributed by atoms with E-state index in [0.29, 0.717) is 0 Å². The summed E-state index contributed by atoms with van der Waals surface area (Å²) in [6.07, 6.45) is 30.9. The van der Waals surface area contributed by atoms with E-state index in [-0.39, 0.29) is 6.61 Å². The van der Waals surface area contributed by atoms with Crippen LogP contribution in [0.25, 0.3) is 0 Å². The summed E-state index contributed by atoms with van der Waals surface area (Å²) in [7, 11) is 0. The minimum atomic E-state index is 0.0796. The molecule has 0 aromatic rings. The molecule has 0 heterocycles. The molecular formula is C18H22O. The van der Waals surface area contributed by atoms with Crippen molar-refractivity contribution >= 4 is 0 Å². The highest BCUT2D eigenvalue weighted by atomic mass is 16.2. The smallest absolute Gasteiger partial charge is 0.0615 e. The van der Waals surface area contributed by atoms with E-state index in [1.54, 1.807) is 12.2 Å². The first-order valence-corrected chi connectivity index (χ1v) is 6.30. The van der Waals surface area contributed by atoms with Gasteiger partial charge in [-0.3, -0.25) is 0 Å². The largest absolute Gasteiger partial charge is 0.392 e. The Morgan fingerprint density at radius 2 is 0.842 bits per heavy atom. The number of aliphatic hydroxyl groups is 1. The molecule has 0 aromatic heterocycles. The zero-order valence-corrected chi connectivity index (χ0v) is 11.4. The van der Waals surface area contributed by atoms with Crippen LogP contribution in [0.2, 0.25) is 0 Å². The van der Waals surface area contributed by atoms with Gasteiger partial charge in [-0.1, -0.05) is 97.2 Å². The van der Waals surface area contributed by atoms with E-state index in [1.165, 1.54) is 0 Å². The first-order chi connectivity index (χ1) is 9.41. The summed E-state index contributed by atoms with van der Waals surface area (Å²) in [5, 5.41) is 8.50. The second kappa shape index (κ2) is 15.9. The Morgan fingerprint density at radius 1 is 0.526 bits per heavy atom. The van der Waals surface area contributed by atoms with E-state index in [1.807, 2.05) is 92.0 Å². The minimum absolute atomic E-state index is 0.0796. The van der Waals surface area contributed by atoms with Gasteiger partial charge in [-0.05, 0) is 6.92 Å². The SMILES string of the molecule is C/C=C/C=C/C=C/C=C/C=C/C=C/C=C/C=C/CO. The third-order valence-electron chi connectivity index (χ3n) is 1.88. The second-order valence-corrected chi connectivity index (χ2v) is 3.45. The van der Waals surface area contributed by atoms with Crippen LogP contribution in [0, 0.1) is 0 Å². The molecule has 0 rings (SSSR count). The Kier molecular flexibility index (Phi) is 14.1. The Labute approximate surface area is 116 Å². The summed E-state index contributed by atoms with van der Waals surface area (Å²) < 4.78 is 0. The molecule has 1 N–H and O–H groups in total. The number of aliphatic hydroxyl groups excluding tert-OH is 1. The van der Waals surface area contributed by atoms with Gasteiger partial charge in [-0.25, -0.2) is 0 Å². The summed E-state index contributed by atoms with van der Waals surface area (Å²) in [6.45, 7) is 2.07. The van der Waals surface area contributed by atoms with Crippen LogP contribution in [-0.2, 0) is 0 Å². The van der Waals surface area contributed by atoms with Gasteiger partial charge in [-0.15, -0.1) is 0 Å². The van der Waals surface area contributed by atoms with Crippen LogP contribution in [0.1, 0.15) is 6.92 Å². The summed E-state index contributed by atoms with van der Waals surface area (Å²) in [5.41, 5.74) is 0. The molecule has 0 aliphatic carbocycles. The standard InChI is InChI=1S/C18H22O/c1-2-3-4-5-6-7-8-9-10-11-12-13-14-15-16-17-18-19/h2-17,19H,18H2,1H3/b3-2+,5-4+,7-6+,9-8+,11-10+,13-12+,15-14+,17-16+. The minimum Gasteiger partial charge on any atom is -0.392 e. The van der Waals surface area contributed by atoms with Crippen molar-refractivity contribution in [3.8, 4) is 0 Å². The fourth-order valence-electron chi connectivity index (χ4n) is 1.02. The van der Waals surface area contributed by atoms with Crippen molar-refractivity contribution in [2.75, 3.05) is 6.61 Å². The normalized spacial score (nSPS) is 14.4. The molecule has 19 heavy (non-hydrogen) atoms. The van der Waals surface area contributed by atoms with E-state index in [0.717, 1.165) is 0 Å². The first-order valence-electron chi connectivity index (χ1n) is 6.30. The molecule has 0 aliphatic heterocycles. The number of rotatable bonds is 8. The molecule has 0 fully saturated rings. The molecule has 1 nitrogen and oxygen atoms in total. The lowest BCUT2D eigenvalue weighted by Crippen LogP contribution is -1.66. The maximum absolute atomic E-state index is 8.50. The molecule has 0 unspecified atom stereocenters. The number of hydrogen-bond donors (Lipinski definition) is 1. The first kappa shape index (κ1) is 16.9. The highest BCUT2D eigenvalue weighted by Gasteiger charge is 1.65. The predicted octanol–water partition coefficient (Wildman–Crippen LogP) is 4.45. The average molecular weight is 254 g/mol. The molecular weight excluding hydrogens is 232 g/mol. The van der Waals surface area contributed by atoms with Gasteiger partial charge in [0.2, 0.25) is 0 Å². The predicted molar refractivity (Wildman–Crippen MR) is 85.9 cm³/mol. The molecule has 0 amide bonds. The molecule has 0 saturated heterocycles. The van der Waals surface area contributed by atoms with Crippen LogP contribution in [-0.4, -0.2) is 11.7 Å². The van der Waals surface area contributed by atoms with Crippen molar-refractivity contribution in [2.45, 2.75) is 6.92 Å². The van der Waals surface area contributed by atoms with Crippen molar-refractivity contribution in [3.05, 3.63) is 97.2 Å². The maximum atomic E-state index is 8.50. The fraction of sp³-hybridized carbons (Fsp3) is 0.111. The molecule has 0 bridgehead atoms. The summed E-state index contributed by atoms with van der Waals surface area (Å²) in [6, 6.07) is 0. The lowest BCUT2D eigenvalue weighted by molar-refractivity contribution is 0.343. The Balaban J connectivity index is 3.81. The van der Waals surface area contributed by atoms with Gasteiger partial charge in [0.1, 0.15) is 0 Å². The van der Waals surface area contributed by atoms with E-state index in [2.05, 4.69) is 0 Å². The van der Waals surface area contributed by atoms with Gasteiger partial charge >= 0.3 is 0 Å². The van der Waals surface area contributed by atoms with Gasteiger partial charge in [0.05, 0.1) is 6.61 Å².